The van der Waals surface area contributed by atoms with Crippen molar-refractivity contribution in [2.75, 3.05) is 13.1 Å². The highest BCUT2D eigenvalue weighted by atomic mass is 19.1. The van der Waals surface area contributed by atoms with Gasteiger partial charge in [0.05, 0.1) is 31.3 Å². The standard InChI is InChI=1S/C13H20FN3O2/c1-9(2)19-12-4-5-17(7-10(12)14)13(18)11-6-15-8-16(11)3/h6,8-10,12H,4-5,7H2,1-3H3/t10-,12+/m1/s1. The summed E-state index contributed by atoms with van der Waals surface area (Å²) in [4.78, 5) is 17.7. The van der Waals surface area contributed by atoms with Gasteiger partial charge in [0.25, 0.3) is 5.91 Å². The van der Waals surface area contributed by atoms with Gasteiger partial charge < -0.3 is 14.2 Å². The lowest BCUT2D eigenvalue weighted by atomic mass is 10.1. The monoisotopic (exact) mass is 269 g/mol. The van der Waals surface area contributed by atoms with E-state index in [1.807, 2.05) is 13.8 Å². The molecule has 0 aliphatic carbocycles. The van der Waals surface area contributed by atoms with Crippen molar-refractivity contribution in [1.29, 1.82) is 0 Å². The first-order valence-electron chi connectivity index (χ1n) is 6.54. The zero-order valence-electron chi connectivity index (χ0n) is 11.5. The fourth-order valence-electron chi connectivity index (χ4n) is 2.30. The molecule has 2 atom stereocenters. The Kier molecular flexibility index (Phi) is 4.19. The van der Waals surface area contributed by atoms with Gasteiger partial charge in [-0.1, -0.05) is 0 Å². The second-order valence-corrected chi connectivity index (χ2v) is 5.17. The van der Waals surface area contributed by atoms with Crippen LogP contribution < -0.4 is 0 Å². The summed E-state index contributed by atoms with van der Waals surface area (Å²) in [5, 5.41) is 0. The molecule has 0 bridgehead atoms. The number of hydrogen-bond donors (Lipinski definition) is 0. The van der Waals surface area contributed by atoms with Crippen molar-refractivity contribution in [2.45, 2.75) is 38.6 Å². The minimum absolute atomic E-state index is 0.00238. The maximum absolute atomic E-state index is 14.0. The Morgan fingerprint density at radius 3 is 2.84 bits per heavy atom. The minimum atomic E-state index is -1.13. The molecule has 1 aromatic heterocycles. The molecule has 0 unspecified atom stereocenters. The third-order valence-corrected chi connectivity index (χ3v) is 3.25. The van der Waals surface area contributed by atoms with Gasteiger partial charge in [-0.3, -0.25) is 4.79 Å². The van der Waals surface area contributed by atoms with Gasteiger partial charge in [0.1, 0.15) is 11.9 Å². The Morgan fingerprint density at radius 2 is 2.32 bits per heavy atom. The Morgan fingerprint density at radius 1 is 1.58 bits per heavy atom. The number of hydrogen-bond acceptors (Lipinski definition) is 3. The lowest BCUT2D eigenvalue weighted by Crippen LogP contribution is -2.49. The summed E-state index contributed by atoms with van der Waals surface area (Å²) in [6.45, 7) is 4.38. The van der Waals surface area contributed by atoms with Gasteiger partial charge in [-0.15, -0.1) is 0 Å². The number of alkyl halides is 1. The van der Waals surface area contributed by atoms with E-state index >= 15 is 0 Å². The van der Waals surface area contributed by atoms with E-state index in [0.717, 1.165) is 0 Å². The Hall–Kier alpha value is -1.43. The smallest absolute Gasteiger partial charge is 0.272 e. The van der Waals surface area contributed by atoms with Crippen LogP contribution in [0.25, 0.3) is 0 Å². The highest BCUT2D eigenvalue weighted by Crippen LogP contribution is 2.20. The number of amides is 1. The molecule has 1 aromatic rings. The summed E-state index contributed by atoms with van der Waals surface area (Å²) in [7, 11) is 1.75. The van der Waals surface area contributed by atoms with Crippen molar-refractivity contribution in [3.05, 3.63) is 18.2 Å². The molecule has 1 fully saturated rings. The minimum Gasteiger partial charge on any atom is -0.372 e. The lowest BCUT2D eigenvalue weighted by molar-refractivity contribution is -0.0667. The number of piperidine rings is 1. The van der Waals surface area contributed by atoms with Crippen molar-refractivity contribution in [3.8, 4) is 0 Å². The van der Waals surface area contributed by atoms with E-state index in [1.165, 1.54) is 11.1 Å². The first-order valence-corrected chi connectivity index (χ1v) is 6.54. The van der Waals surface area contributed by atoms with Crippen LogP contribution in [0, 0.1) is 0 Å². The van der Waals surface area contributed by atoms with E-state index in [9.17, 15) is 9.18 Å². The Balaban J connectivity index is 1.98. The molecule has 1 amide bonds. The predicted octanol–water partition coefficient (Wildman–Crippen LogP) is 1.40. The van der Waals surface area contributed by atoms with Gasteiger partial charge in [0.15, 0.2) is 0 Å². The number of aryl methyl sites for hydroxylation is 1. The van der Waals surface area contributed by atoms with Crippen LogP contribution in [0.15, 0.2) is 12.5 Å². The van der Waals surface area contributed by atoms with Crippen molar-refractivity contribution in [1.82, 2.24) is 14.5 Å². The van der Waals surface area contributed by atoms with Gasteiger partial charge >= 0.3 is 0 Å². The molecule has 106 valence electrons. The number of carbonyl (C=O) groups is 1. The van der Waals surface area contributed by atoms with Crippen LogP contribution in [-0.2, 0) is 11.8 Å². The van der Waals surface area contributed by atoms with Gasteiger partial charge in [-0.2, -0.15) is 0 Å². The first-order chi connectivity index (χ1) is 8.99. The van der Waals surface area contributed by atoms with E-state index in [2.05, 4.69) is 4.98 Å². The van der Waals surface area contributed by atoms with Crippen LogP contribution in [0.4, 0.5) is 4.39 Å². The number of ether oxygens (including phenoxy) is 1. The van der Waals surface area contributed by atoms with Crippen LogP contribution in [0.3, 0.4) is 0 Å². The fourth-order valence-corrected chi connectivity index (χ4v) is 2.30. The number of carbonyl (C=O) groups excluding carboxylic acids is 1. The van der Waals surface area contributed by atoms with Crippen LogP contribution in [0.1, 0.15) is 30.8 Å². The second-order valence-electron chi connectivity index (χ2n) is 5.17. The van der Waals surface area contributed by atoms with Gasteiger partial charge in [-0.25, -0.2) is 9.37 Å². The van der Waals surface area contributed by atoms with Gasteiger partial charge in [-0.05, 0) is 20.3 Å². The molecular formula is C13H20FN3O2. The number of imidazole rings is 1. The number of nitrogens with zero attached hydrogens (tertiary/aromatic N) is 3. The van der Waals surface area contributed by atoms with Crippen molar-refractivity contribution >= 4 is 5.91 Å². The first kappa shape index (κ1) is 14.0. The van der Waals surface area contributed by atoms with Crippen molar-refractivity contribution < 1.29 is 13.9 Å². The van der Waals surface area contributed by atoms with Gasteiger partial charge in [0, 0.05) is 13.6 Å². The number of likely N-dealkylation sites (tertiary alicyclic amines) is 1. The highest BCUT2D eigenvalue weighted by Gasteiger charge is 2.33. The molecule has 0 saturated carbocycles. The van der Waals surface area contributed by atoms with Crippen molar-refractivity contribution in [3.63, 3.8) is 0 Å². The summed E-state index contributed by atoms with van der Waals surface area (Å²) in [5.74, 6) is -0.175. The molecule has 1 saturated heterocycles. The lowest BCUT2D eigenvalue weighted by Gasteiger charge is -2.35. The molecule has 6 heteroatoms. The van der Waals surface area contributed by atoms with Crippen LogP contribution in [0.2, 0.25) is 0 Å². The Labute approximate surface area is 112 Å². The second kappa shape index (κ2) is 5.69. The largest absolute Gasteiger partial charge is 0.372 e. The molecule has 5 nitrogen and oxygen atoms in total. The molecule has 1 aliphatic heterocycles. The summed E-state index contributed by atoms with van der Waals surface area (Å²) < 4.78 is 21.2. The van der Waals surface area contributed by atoms with Crippen molar-refractivity contribution in [2.24, 2.45) is 7.05 Å². The number of rotatable bonds is 3. The quantitative estimate of drug-likeness (QED) is 0.833. The Bertz CT molecular complexity index is 447. The predicted molar refractivity (Wildman–Crippen MR) is 68.6 cm³/mol. The summed E-state index contributed by atoms with van der Waals surface area (Å²) in [5.41, 5.74) is 0.482. The maximum Gasteiger partial charge on any atom is 0.272 e. The van der Waals surface area contributed by atoms with E-state index in [4.69, 9.17) is 4.74 Å². The molecule has 19 heavy (non-hydrogen) atoms. The van der Waals surface area contributed by atoms with Crippen LogP contribution in [0.5, 0.6) is 0 Å². The van der Waals surface area contributed by atoms with Gasteiger partial charge in [0.2, 0.25) is 0 Å². The number of aromatic nitrogens is 2. The molecule has 2 heterocycles. The topological polar surface area (TPSA) is 47.4 Å². The van der Waals surface area contributed by atoms with Crippen LogP contribution >= 0.6 is 0 Å². The fraction of sp³-hybridized carbons (Fsp3) is 0.692. The molecule has 0 N–H and O–H groups in total. The average Bonchev–Trinajstić information content (AvgIpc) is 2.76. The normalized spacial score (nSPS) is 23.9. The third kappa shape index (κ3) is 3.12. The summed E-state index contributed by atoms with van der Waals surface area (Å²) in [6.07, 6.45) is 2.07. The van der Waals surface area contributed by atoms with E-state index in [-0.39, 0.29) is 18.6 Å². The highest BCUT2D eigenvalue weighted by molar-refractivity contribution is 5.92. The zero-order chi connectivity index (χ0) is 14.0. The molecule has 0 aromatic carbocycles. The van der Waals surface area contributed by atoms with E-state index in [0.29, 0.717) is 18.7 Å². The number of halogens is 1. The molecule has 0 spiro atoms. The average molecular weight is 269 g/mol. The summed E-state index contributed by atoms with van der Waals surface area (Å²) in [6, 6.07) is 0. The molecular weight excluding hydrogens is 249 g/mol. The van der Waals surface area contributed by atoms with Crippen LogP contribution in [-0.4, -0.2) is 51.8 Å². The zero-order valence-corrected chi connectivity index (χ0v) is 11.5. The molecule has 2 rings (SSSR count). The maximum atomic E-state index is 14.0. The molecule has 1 aliphatic rings. The third-order valence-electron chi connectivity index (χ3n) is 3.25. The molecule has 0 radical (unpaired) electrons. The SMILES string of the molecule is CC(C)O[C@H]1CCN(C(=O)c2cncn2C)C[C@H]1F. The van der Waals surface area contributed by atoms with E-state index < -0.39 is 12.3 Å². The summed E-state index contributed by atoms with van der Waals surface area (Å²) >= 11 is 0. The van der Waals surface area contributed by atoms with E-state index in [1.54, 1.807) is 17.9 Å².